The van der Waals surface area contributed by atoms with Crippen LogP contribution in [0.15, 0.2) is 29.2 Å². The van der Waals surface area contributed by atoms with Crippen LogP contribution in [0.4, 0.5) is 0 Å². The van der Waals surface area contributed by atoms with Crippen molar-refractivity contribution >= 4 is 10.0 Å². The van der Waals surface area contributed by atoms with Crippen molar-refractivity contribution in [3.05, 3.63) is 29.8 Å². The minimum absolute atomic E-state index is 0.0815. The van der Waals surface area contributed by atoms with E-state index in [2.05, 4.69) is 25.5 Å². The molecule has 1 aromatic carbocycles. The van der Waals surface area contributed by atoms with Crippen LogP contribution < -0.4 is 4.72 Å². The molecule has 0 spiro atoms. The largest absolute Gasteiger partial charge is 0.240 e. The van der Waals surface area contributed by atoms with Crippen molar-refractivity contribution in [1.29, 1.82) is 0 Å². The minimum atomic E-state index is -3.39. The van der Waals surface area contributed by atoms with Crippen LogP contribution in [0.25, 0.3) is 0 Å². The molecule has 0 amide bonds. The fourth-order valence-corrected chi connectivity index (χ4v) is 4.35. The highest BCUT2D eigenvalue weighted by molar-refractivity contribution is 7.89. The lowest BCUT2D eigenvalue weighted by Gasteiger charge is -2.29. The summed E-state index contributed by atoms with van der Waals surface area (Å²) in [5.74, 6) is 0.890. The predicted molar refractivity (Wildman–Crippen MR) is 86.9 cm³/mol. The third-order valence-corrected chi connectivity index (χ3v) is 6.30. The van der Waals surface area contributed by atoms with Crippen LogP contribution in [-0.4, -0.2) is 14.5 Å². The summed E-state index contributed by atoms with van der Waals surface area (Å²) in [6, 6.07) is 7.42. The smallest absolute Gasteiger partial charge is 0.208 e. The summed E-state index contributed by atoms with van der Waals surface area (Å²) in [4.78, 5) is 0.382. The van der Waals surface area contributed by atoms with Crippen LogP contribution in [0.1, 0.15) is 64.4 Å². The van der Waals surface area contributed by atoms with E-state index in [1.807, 2.05) is 12.1 Å². The molecule has 3 unspecified atom stereocenters. The molecule has 4 heteroatoms. The monoisotopic (exact) mass is 309 g/mol. The Labute approximate surface area is 129 Å². The molecule has 3 nitrogen and oxygen atoms in total. The van der Waals surface area contributed by atoms with Crippen LogP contribution in [0.3, 0.4) is 0 Å². The van der Waals surface area contributed by atoms with Gasteiger partial charge in [0.05, 0.1) is 4.90 Å². The molecule has 21 heavy (non-hydrogen) atoms. The van der Waals surface area contributed by atoms with Gasteiger partial charge < -0.3 is 0 Å². The van der Waals surface area contributed by atoms with E-state index in [4.69, 9.17) is 0 Å². The zero-order chi connectivity index (χ0) is 15.5. The second-order valence-corrected chi connectivity index (χ2v) is 8.08. The Bertz CT molecular complexity index is 551. The Morgan fingerprint density at radius 1 is 1.19 bits per heavy atom. The number of rotatable bonds is 5. The lowest BCUT2D eigenvalue weighted by molar-refractivity contribution is 0.310. The van der Waals surface area contributed by atoms with Crippen molar-refractivity contribution in [1.82, 2.24) is 4.72 Å². The molecule has 2 rings (SSSR count). The Morgan fingerprint density at radius 3 is 2.38 bits per heavy atom. The predicted octanol–water partition coefficient (Wildman–Crippen LogP) is 4.06. The summed E-state index contributed by atoms with van der Waals surface area (Å²) >= 11 is 0. The highest BCUT2D eigenvalue weighted by atomic mass is 32.2. The van der Waals surface area contributed by atoms with Gasteiger partial charge in [0.2, 0.25) is 10.0 Å². The molecule has 1 fully saturated rings. The molecular weight excluding hydrogens is 282 g/mol. The van der Waals surface area contributed by atoms with Crippen molar-refractivity contribution in [2.24, 2.45) is 5.92 Å². The molecule has 1 aliphatic rings. The van der Waals surface area contributed by atoms with E-state index in [9.17, 15) is 8.42 Å². The highest BCUT2D eigenvalue weighted by Crippen LogP contribution is 2.26. The molecule has 0 saturated heterocycles. The molecule has 1 N–H and O–H groups in total. The molecule has 1 aromatic rings. The molecule has 1 saturated carbocycles. The van der Waals surface area contributed by atoms with E-state index >= 15 is 0 Å². The maximum atomic E-state index is 12.5. The zero-order valence-corrected chi connectivity index (χ0v) is 14.1. The summed E-state index contributed by atoms with van der Waals surface area (Å²) in [5.41, 5.74) is 1.20. The molecule has 1 aliphatic carbocycles. The Kier molecular flexibility index (Phi) is 5.44. The number of hydrogen-bond acceptors (Lipinski definition) is 2. The topological polar surface area (TPSA) is 46.2 Å². The molecule has 118 valence electrons. The van der Waals surface area contributed by atoms with E-state index in [-0.39, 0.29) is 6.04 Å². The summed E-state index contributed by atoms with van der Waals surface area (Å²) in [6.45, 7) is 6.44. The van der Waals surface area contributed by atoms with Crippen LogP contribution in [0.5, 0.6) is 0 Å². The van der Waals surface area contributed by atoms with Crippen molar-refractivity contribution in [3.63, 3.8) is 0 Å². The average molecular weight is 309 g/mol. The van der Waals surface area contributed by atoms with Crippen molar-refractivity contribution in [3.8, 4) is 0 Å². The lowest BCUT2D eigenvalue weighted by Crippen LogP contribution is -2.40. The second-order valence-electron chi connectivity index (χ2n) is 6.37. The van der Waals surface area contributed by atoms with Crippen LogP contribution in [0.2, 0.25) is 0 Å². The van der Waals surface area contributed by atoms with Crippen molar-refractivity contribution in [2.45, 2.75) is 69.7 Å². The van der Waals surface area contributed by atoms with Gasteiger partial charge in [-0.05, 0) is 48.8 Å². The summed E-state index contributed by atoms with van der Waals surface area (Å²) < 4.78 is 27.9. The Hall–Kier alpha value is -0.870. The summed E-state index contributed by atoms with van der Waals surface area (Å²) in [5, 5.41) is 0. The number of sulfonamides is 1. The van der Waals surface area contributed by atoms with Gasteiger partial charge in [-0.3, -0.25) is 0 Å². The molecule has 0 radical (unpaired) electrons. The quantitative estimate of drug-likeness (QED) is 0.891. The molecular formula is C17H27NO2S. The molecule has 3 atom stereocenters. The second kappa shape index (κ2) is 6.93. The van der Waals surface area contributed by atoms with Gasteiger partial charge in [0.15, 0.2) is 0 Å². The van der Waals surface area contributed by atoms with Crippen LogP contribution in [0, 0.1) is 5.92 Å². The van der Waals surface area contributed by atoms with Crippen molar-refractivity contribution in [2.75, 3.05) is 0 Å². The maximum Gasteiger partial charge on any atom is 0.240 e. The van der Waals surface area contributed by atoms with Gasteiger partial charge in [-0.1, -0.05) is 45.7 Å². The first kappa shape index (κ1) is 16.5. The lowest BCUT2D eigenvalue weighted by atomic mass is 9.87. The molecule has 0 heterocycles. The zero-order valence-electron chi connectivity index (χ0n) is 13.3. The minimum Gasteiger partial charge on any atom is -0.208 e. The van der Waals surface area contributed by atoms with Gasteiger partial charge in [-0.25, -0.2) is 13.1 Å². The Balaban J connectivity index is 2.12. The van der Waals surface area contributed by atoms with E-state index in [1.165, 1.54) is 12.0 Å². The third-order valence-electron chi connectivity index (χ3n) is 4.79. The fraction of sp³-hybridized carbons (Fsp3) is 0.647. The van der Waals surface area contributed by atoms with Gasteiger partial charge in [0.1, 0.15) is 0 Å². The average Bonchev–Trinajstić information content (AvgIpc) is 2.49. The first-order chi connectivity index (χ1) is 9.94. The van der Waals surface area contributed by atoms with Gasteiger partial charge in [0.25, 0.3) is 0 Å². The van der Waals surface area contributed by atoms with E-state index < -0.39 is 10.0 Å². The maximum absolute atomic E-state index is 12.5. The van der Waals surface area contributed by atoms with Crippen LogP contribution >= 0.6 is 0 Å². The Morgan fingerprint density at radius 2 is 1.81 bits per heavy atom. The van der Waals surface area contributed by atoms with Gasteiger partial charge >= 0.3 is 0 Å². The molecule has 0 bridgehead atoms. The first-order valence-corrected chi connectivity index (χ1v) is 9.54. The summed E-state index contributed by atoms with van der Waals surface area (Å²) in [7, 11) is -3.39. The SMILES string of the molecule is CCC(C)c1ccc(S(=O)(=O)NC2CCCCC2C)cc1. The van der Waals surface area contributed by atoms with E-state index in [0.29, 0.717) is 16.7 Å². The summed E-state index contributed by atoms with van der Waals surface area (Å²) in [6.07, 6.45) is 5.45. The van der Waals surface area contributed by atoms with E-state index in [1.54, 1.807) is 12.1 Å². The van der Waals surface area contributed by atoms with Gasteiger partial charge in [0, 0.05) is 6.04 Å². The molecule has 0 aliphatic heterocycles. The number of nitrogens with one attached hydrogen (secondary N) is 1. The van der Waals surface area contributed by atoms with Gasteiger partial charge in [-0.15, -0.1) is 0 Å². The van der Waals surface area contributed by atoms with Crippen molar-refractivity contribution < 1.29 is 8.42 Å². The standard InChI is InChI=1S/C17H27NO2S/c1-4-13(2)15-9-11-16(12-10-15)21(19,20)18-17-8-6-5-7-14(17)3/h9-14,17-18H,4-8H2,1-3H3. The van der Waals surface area contributed by atoms with E-state index in [0.717, 1.165) is 25.7 Å². The fourth-order valence-electron chi connectivity index (χ4n) is 2.97. The van der Waals surface area contributed by atoms with Crippen LogP contribution in [-0.2, 0) is 10.0 Å². The normalized spacial score (nSPS) is 24.7. The number of benzene rings is 1. The highest BCUT2D eigenvalue weighted by Gasteiger charge is 2.26. The first-order valence-electron chi connectivity index (χ1n) is 8.06. The van der Waals surface area contributed by atoms with Gasteiger partial charge in [-0.2, -0.15) is 0 Å². The number of hydrogen-bond donors (Lipinski definition) is 1. The third kappa shape index (κ3) is 4.07. The molecule has 0 aromatic heterocycles.